The summed E-state index contributed by atoms with van der Waals surface area (Å²) in [5.74, 6) is 0.235. The van der Waals surface area contributed by atoms with E-state index < -0.39 is 0 Å². The molecule has 1 heterocycles. The van der Waals surface area contributed by atoms with Gasteiger partial charge in [0.25, 0.3) is 0 Å². The van der Waals surface area contributed by atoms with Crippen molar-refractivity contribution in [3.05, 3.63) is 18.1 Å². The molecule has 1 rings (SSSR count). The highest BCUT2D eigenvalue weighted by molar-refractivity contribution is 5.96. The molecule has 0 radical (unpaired) electrons. The average Bonchev–Trinajstić information content (AvgIpc) is 2.28. The van der Waals surface area contributed by atoms with E-state index in [1.807, 2.05) is 6.92 Å². The van der Waals surface area contributed by atoms with Crippen LogP contribution in [0, 0.1) is 0 Å². The van der Waals surface area contributed by atoms with E-state index in [0.29, 0.717) is 12.1 Å². The van der Waals surface area contributed by atoms with Crippen LogP contribution < -0.4 is 10.5 Å². The quantitative estimate of drug-likeness (QED) is 0.733. The third kappa shape index (κ3) is 3.58. The molecule has 0 spiro atoms. The Bertz CT molecular complexity index is 353. The fourth-order valence-corrected chi connectivity index (χ4v) is 1.37. The number of hydrogen-bond donors (Lipinski definition) is 1. The van der Waals surface area contributed by atoms with Crippen LogP contribution in [0.4, 0.5) is 0 Å². The molecule has 0 amide bonds. The summed E-state index contributed by atoms with van der Waals surface area (Å²) in [6.07, 6.45) is 5.00. The summed E-state index contributed by atoms with van der Waals surface area (Å²) in [5, 5.41) is 0. The van der Waals surface area contributed by atoms with E-state index in [1.165, 1.54) is 19.5 Å². The fourth-order valence-electron chi connectivity index (χ4n) is 1.37. The lowest BCUT2D eigenvalue weighted by Gasteiger charge is -2.06. The molecule has 0 aliphatic heterocycles. The molecular weight excluding hydrogens is 206 g/mol. The third-order valence-electron chi connectivity index (χ3n) is 2.19. The molecule has 0 aliphatic rings. The van der Waals surface area contributed by atoms with Crippen molar-refractivity contribution >= 4 is 5.78 Å². The van der Waals surface area contributed by atoms with Crippen LogP contribution in [0.3, 0.4) is 0 Å². The van der Waals surface area contributed by atoms with Crippen molar-refractivity contribution in [2.75, 3.05) is 7.11 Å². The number of carbonyl (C=O) groups excluding carboxylic acids is 1. The number of nitrogens with two attached hydrogens (primary N) is 1. The van der Waals surface area contributed by atoms with E-state index in [9.17, 15) is 4.79 Å². The average molecular weight is 223 g/mol. The van der Waals surface area contributed by atoms with E-state index in [4.69, 9.17) is 10.5 Å². The molecule has 1 atom stereocenters. The lowest BCUT2D eigenvalue weighted by Crippen LogP contribution is -2.15. The van der Waals surface area contributed by atoms with Crippen LogP contribution in [0.25, 0.3) is 0 Å². The molecule has 0 bridgehead atoms. The molecule has 5 nitrogen and oxygen atoms in total. The zero-order chi connectivity index (χ0) is 12.0. The van der Waals surface area contributed by atoms with Gasteiger partial charge in [0, 0.05) is 24.9 Å². The van der Waals surface area contributed by atoms with Crippen molar-refractivity contribution in [2.45, 2.75) is 32.2 Å². The van der Waals surface area contributed by atoms with Gasteiger partial charge in [-0.15, -0.1) is 0 Å². The summed E-state index contributed by atoms with van der Waals surface area (Å²) >= 11 is 0. The maximum Gasteiger partial charge on any atom is 0.243 e. The molecule has 1 unspecified atom stereocenters. The number of hydrogen-bond acceptors (Lipinski definition) is 5. The van der Waals surface area contributed by atoms with Crippen LogP contribution in [-0.4, -0.2) is 28.9 Å². The van der Waals surface area contributed by atoms with Gasteiger partial charge >= 0.3 is 0 Å². The summed E-state index contributed by atoms with van der Waals surface area (Å²) in [6, 6.07) is 0.122. The highest BCUT2D eigenvalue weighted by Crippen LogP contribution is 2.14. The van der Waals surface area contributed by atoms with Gasteiger partial charge in [-0.25, -0.2) is 9.97 Å². The molecule has 88 valence electrons. The topological polar surface area (TPSA) is 78.1 Å². The Morgan fingerprint density at radius 1 is 1.50 bits per heavy atom. The smallest absolute Gasteiger partial charge is 0.243 e. The second-order valence-electron chi connectivity index (χ2n) is 3.71. The largest absolute Gasteiger partial charge is 0.479 e. The van der Waals surface area contributed by atoms with Crippen molar-refractivity contribution < 1.29 is 9.53 Å². The molecule has 0 saturated carbocycles. The highest BCUT2D eigenvalue weighted by atomic mass is 16.5. The standard InChI is InChI=1S/C11H17N3O2/c1-8(12)4-3-5-9(15)10-11(16-2)14-7-6-13-10/h6-8H,3-5,12H2,1-2H3. The molecule has 16 heavy (non-hydrogen) atoms. The van der Waals surface area contributed by atoms with E-state index in [2.05, 4.69) is 9.97 Å². The Morgan fingerprint density at radius 2 is 2.19 bits per heavy atom. The van der Waals surface area contributed by atoms with Gasteiger partial charge < -0.3 is 10.5 Å². The highest BCUT2D eigenvalue weighted by Gasteiger charge is 2.14. The molecule has 1 aromatic rings. The lowest BCUT2D eigenvalue weighted by atomic mass is 10.1. The minimum absolute atomic E-state index is 0.0504. The van der Waals surface area contributed by atoms with Gasteiger partial charge in [-0.1, -0.05) is 0 Å². The zero-order valence-corrected chi connectivity index (χ0v) is 9.64. The number of carbonyl (C=O) groups is 1. The third-order valence-corrected chi connectivity index (χ3v) is 2.19. The van der Waals surface area contributed by atoms with Crippen molar-refractivity contribution in [3.8, 4) is 5.88 Å². The second-order valence-corrected chi connectivity index (χ2v) is 3.71. The predicted octanol–water partition coefficient (Wildman–Crippen LogP) is 1.19. The van der Waals surface area contributed by atoms with Crippen LogP contribution in [0.5, 0.6) is 5.88 Å². The summed E-state index contributed by atoms with van der Waals surface area (Å²) in [7, 11) is 1.47. The van der Waals surface area contributed by atoms with Gasteiger partial charge in [0.05, 0.1) is 7.11 Å². The lowest BCUT2D eigenvalue weighted by molar-refractivity contribution is 0.0970. The van der Waals surface area contributed by atoms with Crippen LogP contribution >= 0.6 is 0 Å². The maximum absolute atomic E-state index is 11.8. The van der Waals surface area contributed by atoms with Crippen molar-refractivity contribution in [2.24, 2.45) is 5.73 Å². The SMILES string of the molecule is COc1nccnc1C(=O)CCCC(C)N. The Kier molecular flexibility index (Phi) is 4.85. The van der Waals surface area contributed by atoms with Crippen LogP contribution in [-0.2, 0) is 0 Å². The summed E-state index contributed by atoms with van der Waals surface area (Å²) < 4.78 is 4.97. The first-order valence-corrected chi connectivity index (χ1v) is 5.29. The van der Waals surface area contributed by atoms with Gasteiger partial charge in [0.1, 0.15) is 0 Å². The Balaban J connectivity index is 2.59. The molecule has 1 aromatic heterocycles. The van der Waals surface area contributed by atoms with E-state index in [0.717, 1.165) is 12.8 Å². The first-order chi connectivity index (χ1) is 7.65. The van der Waals surface area contributed by atoms with Crippen molar-refractivity contribution in [1.29, 1.82) is 0 Å². The fraction of sp³-hybridized carbons (Fsp3) is 0.545. The Hall–Kier alpha value is -1.49. The van der Waals surface area contributed by atoms with Crippen molar-refractivity contribution in [1.82, 2.24) is 9.97 Å². The van der Waals surface area contributed by atoms with Gasteiger partial charge in [-0.2, -0.15) is 0 Å². The minimum Gasteiger partial charge on any atom is -0.479 e. The first kappa shape index (κ1) is 12.6. The number of nitrogens with zero attached hydrogens (tertiary/aromatic N) is 2. The number of ketones is 1. The molecule has 0 aliphatic carbocycles. The number of Topliss-reactive ketones (excluding diaryl/α,β-unsaturated/α-hetero) is 1. The van der Waals surface area contributed by atoms with E-state index in [-0.39, 0.29) is 17.7 Å². The molecule has 2 N–H and O–H groups in total. The van der Waals surface area contributed by atoms with Crippen LogP contribution in [0.2, 0.25) is 0 Å². The van der Waals surface area contributed by atoms with E-state index >= 15 is 0 Å². The number of methoxy groups -OCH3 is 1. The molecule has 0 aromatic carbocycles. The van der Waals surface area contributed by atoms with Gasteiger partial charge in [0.2, 0.25) is 5.88 Å². The van der Waals surface area contributed by atoms with Crippen LogP contribution in [0.15, 0.2) is 12.4 Å². The van der Waals surface area contributed by atoms with Gasteiger partial charge in [-0.05, 0) is 19.8 Å². The number of rotatable bonds is 6. The summed E-state index contributed by atoms with van der Waals surface area (Å²) in [5.41, 5.74) is 5.91. The summed E-state index contributed by atoms with van der Waals surface area (Å²) in [6.45, 7) is 1.92. The first-order valence-electron chi connectivity index (χ1n) is 5.29. The molecule has 0 fully saturated rings. The Morgan fingerprint density at radius 3 is 2.81 bits per heavy atom. The van der Waals surface area contributed by atoms with Gasteiger partial charge in [0.15, 0.2) is 11.5 Å². The zero-order valence-electron chi connectivity index (χ0n) is 9.64. The summed E-state index contributed by atoms with van der Waals surface area (Å²) in [4.78, 5) is 19.7. The van der Waals surface area contributed by atoms with Crippen LogP contribution in [0.1, 0.15) is 36.7 Å². The second kappa shape index (κ2) is 6.17. The maximum atomic E-state index is 11.8. The molecular formula is C11H17N3O2. The molecule has 0 saturated heterocycles. The normalized spacial score (nSPS) is 12.2. The Labute approximate surface area is 95.0 Å². The number of aromatic nitrogens is 2. The van der Waals surface area contributed by atoms with Crippen molar-refractivity contribution in [3.63, 3.8) is 0 Å². The number of ether oxygens (including phenoxy) is 1. The minimum atomic E-state index is -0.0504. The monoisotopic (exact) mass is 223 g/mol. The molecule has 5 heteroatoms. The van der Waals surface area contributed by atoms with Gasteiger partial charge in [-0.3, -0.25) is 4.79 Å². The predicted molar refractivity (Wildman–Crippen MR) is 60.4 cm³/mol. The van der Waals surface area contributed by atoms with E-state index in [1.54, 1.807) is 0 Å².